The standard InChI is InChI=1S/C22H26N8O/c31-22(19-17-23-30(26-19)18-7-3-1-4-8-18)29-15-13-28(14-16-29)21-10-9-20(24-25-21)27-11-5-2-6-12-27/h1,3-4,7-10,17H,2,5-6,11-16H2. The highest BCUT2D eigenvalue weighted by atomic mass is 16.2. The van der Waals surface area contributed by atoms with Crippen LogP contribution in [0.3, 0.4) is 0 Å². The minimum absolute atomic E-state index is 0.0895. The fourth-order valence-corrected chi connectivity index (χ4v) is 4.13. The van der Waals surface area contributed by atoms with Crippen molar-refractivity contribution in [2.24, 2.45) is 0 Å². The molecule has 1 aromatic carbocycles. The number of para-hydroxylation sites is 1. The summed E-state index contributed by atoms with van der Waals surface area (Å²) in [6, 6.07) is 13.7. The van der Waals surface area contributed by atoms with Gasteiger partial charge in [-0.05, 0) is 43.5 Å². The molecule has 31 heavy (non-hydrogen) atoms. The molecule has 2 aliphatic rings. The van der Waals surface area contributed by atoms with Crippen LogP contribution in [0.5, 0.6) is 0 Å². The second-order valence-corrected chi connectivity index (χ2v) is 7.93. The van der Waals surface area contributed by atoms with E-state index in [0.717, 1.165) is 43.5 Å². The van der Waals surface area contributed by atoms with Gasteiger partial charge in [-0.25, -0.2) is 0 Å². The van der Waals surface area contributed by atoms with E-state index in [4.69, 9.17) is 0 Å². The molecule has 2 aliphatic heterocycles. The van der Waals surface area contributed by atoms with E-state index in [-0.39, 0.29) is 5.91 Å². The summed E-state index contributed by atoms with van der Waals surface area (Å²) in [6.07, 6.45) is 5.27. The summed E-state index contributed by atoms with van der Waals surface area (Å²) in [5, 5.41) is 17.5. The quantitative estimate of drug-likeness (QED) is 0.641. The van der Waals surface area contributed by atoms with Crippen LogP contribution >= 0.6 is 0 Å². The molecule has 0 N–H and O–H groups in total. The number of carbonyl (C=O) groups excluding carboxylic acids is 1. The molecule has 4 heterocycles. The SMILES string of the molecule is O=C(c1cnn(-c2ccccc2)n1)N1CCN(c2ccc(N3CCCCC3)nn2)CC1. The Morgan fingerprint density at radius 2 is 1.39 bits per heavy atom. The van der Waals surface area contributed by atoms with Crippen molar-refractivity contribution in [1.29, 1.82) is 0 Å². The number of piperazine rings is 1. The highest BCUT2D eigenvalue weighted by Crippen LogP contribution is 2.20. The molecular weight excluding hydrogens is 392 g/mol. The van der Waals surface area contributed by atoms with Crippen LogP contribution in [0.4, 0.5) is 11.6 Å². The number of amides is 1. The number of nitrogens with zero attached hydrogens (tertiary/aromatic N) is 8. The molecule has 0 bridgehead atoms. The molecule has 2 fully saturated rings. The van der Waals surface area contributed by atoms with Crippen LogP contribution in [-0.2, 0) is 0 Å². The highest BCUT2D eigenvalue weighted by Gasteiger charge is 2.25. The maximum absolute atomic E-state index is 12.9. The van der Waals surface area contributed by atoms with Gasteiger partial charge in [-0.1, -0.05) is 18.2 Å². The number of rotatable bonds is 4. The fourth-order valence-electron chi connectivity index (χ4n) is 4.13. The van der Waals surface area contributed by atoms with E-state index in [9.17, 15) is 4.79 Å². The van der Waals surface area contributed by atoms with Gasteiger partial charge in [-0.2, -0.15) is 9.90 Å². The second-order valence-electron chi connectivity index (χ2n) is 7.93. The Hall–Kier alpha value is -3.49. The average Bonchev–Trinajstić information content (AvgIpc) is 3.35. The molecule has 0 atom stereocenters. The molecule has 3 aromatic rings. The molecule has 160 valence electrons. The Labute approximate surface area is 181 Å². The molecule has 9 heteroatoms. The first kappa shape index (κ1) is 19.5. The third-order valence-corrected chi connectivity index (χ3v) is 5.91. The third-order valence-electron chi connectivity index (χ3n) is 5.91. The van der Waals surface area contributed by atoms with Gasteiger partial charge in [0.15, 0.2) is 17.3 Å². The van der Waals surface area contributed by atoms with Crippen molar-refractivity contribution in [3.8, 4) is 5.69 Å². The smallest absolute Gasteiger partial charge is 0.276 e. The first-order valence-electron chi connectivity index (χ1n) is 10.9. The van der Waals surface area contributed by atoms with Crippen LogP contribution in [-0.4, -0.2) is 75.3 Å². The van der Waals surface area contributed by atoms with Crippen molar-refractivity contribution >= 4 is 17.5 Å². The molecule has 0 radical (unpaired) electrons. The van der Waals surface area contributed by atoms with Crippen molar-refractivity contribution in [2.75, 3.05) is 49.1 Å². The minimum atomic E-state index is -0.0895. The Morgan fingerprint density at radius 3 is 2.03 bits per heavy atom. The summed E-state index contributed by atoms with van der Waals surface area (Å²) < 4.78 is 0. The lowest BCUT2D eigenvalue weighted by Gasteiger charge is -2.35. The number of hydrogen-bond donors (Lipinski definition) is 0. The number of piperidine rings is 1. The number of aromatic nitrogens is 5. The van der Waals surface area contributed by atoms with Gasteiger partial charge in [0.1, 0.15) is 0 Å². The number of anilines is 2. The van der Waals surface area contributed by atoms with Gasteiger partial charge in [0.2, 0.25) is 0 Å². The van der Waals surface area contributed by atoms with Crippen LogP contribution in [0.15, 0.2) is 48.7 Å². The predicted molar refractivity (Wildman–Crippen MR) is 118 cm³/mol. The van der Waals surface area contributed by atoms with Crippen LogP contribution in [0.25, 0.3) is 5.69 Å². The zero-order valence-electron chi connectivity index (χ0n) is 17.5. The zero-order chi connectivity index (χ0) is 21.0. The van der Waals surface area contributed by atoms with Crippen LogP contribution in [0.1, 0.15) is 29.8 Å². The molecule has 1 amide bonds. The van der Waals surface area contributed by atoms with Crippen molar-refractivity contribution in [2.45, 2.75) is 19.3 Å². The van der Waals surface area contributed by atoms with Gasteiger partial charge >= 0.3 is 0 Å². The zero-order valence-corrected chi connectivity index (χ0v) is 17.5. The molecule has 2 saturated heterocycles. The predicted octanol–water partition coefficient (Wildman–Crippen LogP) is 2.01. The van der Waals surface area contributed by atoms with E-state index < -0.39 is 0 Å². The fraction of sp³-hybridized carbons (Fsp3) is 0.409. The first-order chi connectivity index (χ1) is 15.3. The molecule has 0 saturated carbocycles. The molecule has 2 aromatic heterocycles. The van der Waals surface area contributed by atoms with Gasteiger partial charge < -0.3 is 14.7 Å². The second kappa shape index (κ2) is 8.71. The van der Waals surface area contributed by atoms with Crippen molar-refractivity contribution in [1.82, 2.24) is 30.1 Å². The van der Waals surface area contributed by atoms with Crippen LogP contribution in [0, 0.1) is 0 Å². The number of carbonyl (C=O) groups is 1. The molecule has 9 nitrogen and oxygen atoms in total. The molecule has 0 spiro atoms. The van der Waals surface area contributed by atoms with Crippen molar-refractivity contribution in [3.05, 3.63) is 54.4 Å². The van der Waals surface area contributed by atoms with E-state index in [2.05, 4.69) is 36.3 Å². The van der Waals surface area contributed by atoms with Gasteiger partial charge in [0, 0.05) is 39.3 Å². The summed E-state index contributed by atoms with van der Waals surface area (Å²) in [5.41, 5.74) is 1.20. The lowest BCUT2D eigenvalue weighted by Crippen LogP contribution is -2.49. The monoisotopic (exact) mass is 418 g/mol. The van der Waals surface area contributed by atoms with E-state index in [1.54, 1.807) is 0 Å². The van der Waals surface area contributed by atoms with Gasteiger partial charge in [0.25, 0.3) is 5.91 Å². The summed E-state index contributed by atoms with van der Waals surface area (Å²) in [6.45, 7) is 4.79. The molecule has 0 unspecified atom stereocenters. The first-order valence-corrected chi connectivity index (χ1v) is 10.9. The average molecular weight is 419 g/mol. The van der Waals surface area contributed by atoms with Gasteiger partial charge in [-0.3, -0.25) is 4.79 Å². The van der Waals surface area contributed by atoms with Gasteiger partial charge in [-0.15, -0.1) is 15.3 Å². The topological polar surface area (TPSA) is 83.3 Å². The van der Waals surface area contributed by atoms with Crippen LogP contribution in [0.2, 0.25) is 0 Å². The molecular formula is C22H26N8O. The van der Waals surface area contributed by atoms with E-state index in [0.29, 0.717) is 18.8 Å². The van der Waals surface area contributed by atoms with Crippen LogP contribution < -0.4 is 9.80 Å². The Balaban J connectivity index is 1.18. The summed E-state index contributed by atoms with van der Waals surface area (Å²) in [4.78, 5) is 20.7. The summed E-state index contributed by atoms with van der Waals surface area (Å²) in [7, 11) is 0. The van der Waals surface area contributed by atoms with E-state index in [1.807, 2.05) is 41.3 Å². The lowest BCUT2D eigenvalue weighted by molar-refractivity contribution is 0.0740. The largest absolute Gasteiger partial charge is 0.355 e. The van der Waals surface area contributed by atoms with E-state index >= 15 is 0 Å². The lowest BCUT2D eigenvalue weighted by atomic mass is 10.1. The Bertz CT molecular complexity index is 1010. The van der Waals surface area contributed by atoms with Gasteiger partial charge in [0.05, 0.1) is 11.9 Å². The van der Waals surface area contributed by atoms with Crippen molar-refractivity contribution in [3.63, 3.8) is 0 Å². The summed E-state index contributed by atoms with van der Waals surface area (Å²) in [5.74, 6) is 1.73. The Kier molecular flexibility index (Phi) is 5.47. The maximum Gasteiger partial charge on any atom is 0.276 e. The number of benzene rings is 1. The van der Waals surface area contributed by atoms with Crippen molar-refractivity contribution < 1.29 is 4.79 Å². The third kappa shape index (κ3) is 4.21. The number of hydrogen-bond acceptors (Lipinski definition) is 7. The molecule has 5 rings (SSSR count). The van der Waals surface area contributed by atoms with E-state index in [1.165, 1.54) is 30.3 Å². The Morgan fingerprint density at radius 1 is 0.742 bits per heavy atom. The normalized spacial score (nSPS) is 17.1. The maximum atomic E-state index is 12.9. The summed E-state index contributed by atoms with van der Waals surface area (Å²) >= 11 is 0. The molecule has 0 aliphatic carbocycles. The highest BCUT2D eigenvalue weighted by molar-refractivity contribution is 5.92. The minimum Gasteiger partial charge on any atom is -0.355 e.